The van der Waals surface area contributed by atoms with Crippen LogP contribution in [0.4, 0.5) is 62.6 Å². The van der Waals surface area contributed by atoms with E-state index in [1.165, 1.54) is 89.0 Å². The van der Waals surface area contributed by atoms with E-state index in [1.807, 2.05) is 97.1 Å². The number of ether oxygens (including phenoxy) is 5. The first-order valence-corrected chi connectivity index (χ1v) is 45.8. The van der Waals surface area contributed by atoms with Gasteiger partial charge in [-0.15, -0.1) is 0 Å². The monoisotopic (exact) mass is 1730 g/mol. The topological polar surface area (TPSA) is 182 Å². The Balaban J connectivity index is 0.000000192. The number of aldehydes is 1. The normalized spacial score (nSPS) is 12.7. The van der Waals surface area contributed by atoms with Crippen molar-refractivity contribution in [2.45, 2.75) is 124 Å². The van der Waals surface area contributed by atoms with Crippen molar-refractivity contribution >= 4 is 131 Å². The minimum absolute atomic E-state index is 0. The number of aryl methyl sites for hydroxylation is 3. The fraction of sp³-hybridized carbons (Fsp3) is 0.239. The van der Waals surface area contributed by atoms with Gasteiger partial charge in [0, 0.05) is 75.5 Å². The highest BCUT2D eigenvalue weighted by Crippen LogP contribution is 2.54. The van der Waals surface area contributed by atoms with Gasteiger partial charge in [-0.3, -0.25) is 13.9 Å². The van der Waals surface area contributed by atoms with Gasteiger partial charge in [-0.25, -0.2) is 9.69 Å². The van der Waals surface area contributed by atoms with E-state index < -0.39 is 21.6 Å². The van der Waals surface area contributed by atoms with Gasteiger partial charge in [-0.05, 0) is 327 Å². The average Bonchev–Trinajstić information content (AvgIpc) is 0.758. The number of nitrogens with zero attached hydrogens (tertiary/aromatic N) is 7. The molecule has 3 aliphatic carbocycles. The Bertz CT molecular complexity index is 6170. The Hall–Kier alpha value is -13.5. The molecule has 0 N–H and O–H groups in total. The van der Waals surface area contributed by atoms with E-state index in [4.69, 9.17) is 45.9 Å². The van der Waals surface area contributed by atoms with Gasteiger partial charge in [0.2, 0.25) is 19.8 Å². The average molecular weight is 1740 g/mol. The van der Waals surface area contributed by atoms with Gasteiger partial charge >= 0.3 is 7.60 Å². The van der Waals surface area contributed by atoms with Crippen LogP contribution in [0.25, 0.3) is 55.5 Å². The van der Waals surface area contributed by atoms with Crippen LogP contribution in [0.3, 0.4) is 0 Å². The third kappa shape index (κ3) is 20.4. The number of carbonyl (C=O) groups excluding carboxylic acids is 1. The van der Waals surface area contributed by atoms with Crippen LogP contribution in [0.15, 0.2) is 249 Å². The lowest BCUT2D eigenvalue weighted by Gasteiger charge is -2.30. The lowest BCUT2D eigenvalue weighted by molar-refractivity contribution is -0.176. The molecule has 0 radical (unpaired) electrons. The van der Waals surface area contributed by atoms with Gasteiger partial charge in [0.1, 0.15) is 35.7 Å². The number of benzene rings is 13. The minimum Gasteiger partial charge on any atom is -0.497 e. The van der Waals surface area contributed by atoms with Crippen LogP contribution >= 0.6 is 16.1 Å². The Morgan fingerprint density at radius 3 is 1.14 bits per heavy atom. The molecule has 0 spiro atoms. The van der Waals surface area contributed by atoms with Crippen molar-refractivity contribution in [1.82, 2.24) is 0 Å². The number of fused-ring (bicyclic) bond motifs is 5. The fourth-order valence-electron chi connectivity index (χ4n) is 17.4. The van der Waals surface area contributed by atoms with Gasteiger partial charge in [0.25, 0.3) is 5.53 Å². The molecule has 0 aromatic heterocycles. The predicted octanol–water partition coefficient (Wildman–Crippen LogP) is 29.3. The third-order valence-electron chi connectivity index (χ3n) is 23.4. The van der Waals surface area contributed by atoms with Gasteiger partial charge in [0.05, 0.1) is 65.0 Å². The van der Waals surface area contributed by atoms with Crippen LogP contribution in [0.5, 0.6) is 17.2 Å². The standard InChI is InChI=1S/C62H52N4O2.C24H23NO2.C22H26N2O6P2.CH4/c1-64-62-48(25-19-44-22-30-50(31-23-44)66(52-34-38-54(68-3)39-35-52)61-17-9-13-46-11-5-7-15-56(46)61)27-40-57-58(62)41-26-47(59(57)42-63)24-18-43-20-28-49(29-21-43)65(51-32-36-53(67-2)37-33-51)60-16-8-12-45-10-4-6-14-55(45)60;1-27-22-15-13-21(14-16-22)25(20-11-9-18(17-26)10-12-20)24-8-4-6-19-5-2-3-7-23(19)24;1-6-27-22(31-25,28-7-2)20-13-12-17-18(21(20)24-5)11-10-16(19(17)14-23)15-32(26,29-8-3)30-9-4;/h8-9,12-13,16-41H,4-7,10-11,14-15H2,2-3H3;4,6,8-17H,2-3,5,7H2,1H3;10-13H,6-9,15H2,1-4H3;1H4. The maximum Gasteiger partial charge on any atom is 0.335 e. The van der Waals surface area contributed by atoms with Gasteiger partial charge < -0.3 is 47.4 Å². The molecule has 646 valence electrons. The summed E-state index contributed by atoms with van der Waals surface area (Å²) in [5.41, 5.74) is 23.7. The maximum absolute atomic E-state index is 13.0. The molecule has 16 rings (SSSR count). The van der Waals surface area contributed by atoms with E-state index in [9.17, 15) is 24.4 Å². The lowest BCUT2D eigenvalue weighted by Crippen LogP contribution is -2.27. The molecular formula is C109H105N7O10P2. The molecule has 0 aliphatic heterocycles. The highest BCUT2D eigenvalue weighted by molar-refractivity contribution is 7.53. The summed E-state index contributed by atoms with van der Waals surface area (Å²) in [5.74, 6) is 2.49. The summed E-state index contributed by atoms with van der Waals surface area (Å²) >= 11 is 0. The number of rotatable bonds is 29. The largest absolute Gasteiger partial charge is 0.497 e. The zero-order chi connectivity index (χ0) is 88.8. The summed E-state index contributed by atoms with van der Waals surface area (Å²) in [4.78, 5) is 25.7. The summed E-state index contributed by atoms with van der Waals surface area (Å²) < 4.78 is 63.5. The second-order valence-corrected chi connectivity index (χ2v) is 33.7. The highest BCUT2D eigenvalue weighted by Gasteiger charge is 2.39. The van der Waals surface area contributed by atoms with Crippen LogP contribution in [0.1, 0.15) is 162 Å². The zero-order valence-corrected chi connectivity index (χ0v) is 74.5. The summed E-state index contributed by atoms with van der Waals surface area (Å²) in [7, 11) is 1.19. The van der Waals surface area contributed by atoms with Gasteiger partial charge in [-0.2, -0.15) is 10.5 Å². The Morgan fingerprint density at radius 1 is 0.414 bits per heavy atom. The number of hydrogen-bond donors (Lipinski definition) is 0. The maximum atomic E-state index is 13.0. The Kier molecular flexibility index (Phi) is 31.4. The Labute approximate surface area is 754 Å². The van der Waals surface area contributed by atoms with Crippen molar-refractivity contribution in [3.05, 3.63) is 355 Å². The third-order valence-corrected chi connectivity index (χ3v) is 26.2. The van der Waals surface area contributed by atoms with Crippen LogP contribution in [-0.4, -0.2) is 54.0 Å². The molecule has 0 amide bonds. The minimum atomic E-state index is -3.43. The molecule has 0 heterocycles. The first kappa shape index (κ1) is 92.1. The van der Waals surface area contributed by atoms with Crippen molar-refractivity contribution in [2.24, 2.45) is 0 Å². The van der Waals surface area contributed by atoms with Crippen molar-refractivity contribution in [1.29, 1.82) is 10.5 Å². The van der Waals surface area contributed by atoms with E-state index in [2.05, 4.69) is 188 Å². The van der Waals surface area contributed by atoms with E-state index >= 15 is 0 Å². The van der Waals surface area contributed by atoms with Crippen LogP contribution < -0.4 is 28.9 Å². The van der Waals surface area contributed by atoms with Crippen LogP contribution in [0, 0.1) is 35.8 Å². The molecule has 17 nitrogen and oxygen atoms in total. The van der Waals surface area contributed by atoms with Crippen LogP contribution in [-0.2, 0) is 77.9 Å². The number of nitriles is 2. The molecule has 0 atom stereocenters. The summed E-state index contributed by atoms with van der Waals surface area (Å²) in [6.07, 6.45) is 22.9. The molecule has 0 bridgehead atoms. The predicted molar refractivity (Wildman–Crippen MR) is 520 cm³/mol. The Morgan fingerprint density at radius 2 is 0.766 bits per heavy atom. The molecule has 0 fully saturated rings. The number of carbonyl (C=O) groups is 1. The molecule has 13 aromatic carbocycles. The molecule has 0 unspecified atom stereocenters. The van der Waals surface area contributed by atoms with Crippen molar-refractivity contribution in [2.75, 3.05) is 62.5 Å². The van der Waals surface area contributed by atoms with Gasteiger partial charge in [-0.1, -0.05) is 141 Å². The summed E-state index contributed by atoms with van der Waals surface area (Å²) in [6.45, 7) is 23.8. The van der Waals surface area contributed by atoms with Crippen molar-refractivity contribution in [3.63, 3.8) is 0 Å². The number of methoxy groups -OCH3 is 3. The summed E-state index contributed by atoms with van der Waals surface area (Å²) in [5, 5.41) is 22.9. The van der Waals surface area contributed by atoms with Crippen molar-refractivity contribution < 1.29 is 46.7 Å². The molecular weight excluding hydrogens is 1630 g/mol. The highest BCUT2D eigenvalue weighted by atomic mass is 31.2. The fourth-order valence-corrected chi connectivity index (χ4v) is 19.7. The molecule has 3 aliphatic rings. The quantitative estimate of drug-likeness (QED) is 0.0142. The smallest absolute Gasteiger partial charge is 0.335 e. The van der Waals surface area contributed by atoms with E-state index in [-0.39, 0.29) is 51.3 Å². The van der Waals surface area contributed by atoms with E-state index in [0.29, 0.717) is 38.7 Å². The number of hydrogen-bond acceptors (Lipinski definition) is 15. The SMILES string of the molecule is C.COc1ccc(N(c2ccc(C=O)cc2)c2cccc3c2CCCC3)cc1.[C-]#[N+]c1c(C(OCC)(OCC)P=O)ccc2c(C#N)c(CP(=O)(OCC)OCC)ccc12.[C-]#[N+]c1c(C=Cc2ccc(N(c3ccc(OC)cc3)c3cccc4c3CCCC4)cc2)ccc2c(C#N)c(C=Cc3ccc(N(c4ccc(OC)cc4)c4cccc5c4CCCC5)cc3)ccc12. The molecule has 19 heteroatoms. The molecule has 128 heavy (non-hydrogen) atoms. The number of anilines is 9. The molecule has 0 saturated heterocycles. The molecule has 13 aromatic rings. The van der Waals surface area contributed by atoms with Gasteiger partial charge in [0.15, 0.2) is 0 Å². The first-order chi connectivity index (χ1) is 62.2. The van der Waals surface area contributed by atoms with E-state index in [0.717, 1.165) is 129 Å². The van der Waals surface area contributed by atoms with Crippen LogP contribution in [0.2, 0.25) is 0 Å². The zero-order valence-electron chi connectivity index (χ0n) is 72.7. The van der Waals surface area contributed by atoms with E-state index in [1.54, 1.807) is 73.3 Å². The molecule has 0 saturated carbocycles. The lowest BCUT2D eigenvalue weighted by atomic mass is 9.90. The second-order valence-electron chi connectivity index (χ2n) is 30.9. The summed E-state index contributed by atoms with van der Waals surface area (Å²) in [6, 6.07) is 88.6. The first-order valence-electron chi connectivity index (χ1n) is 43.2. The second kappa shape index (κ2) is 43.6. The van der Waals surface area contributed by atoms with Crippen molar-refractivity contribution in [3.8, 4) is 29.4 Å².